The predicted octanol–water partition coefficient (Wildman–Crippen LogP) is 1.83. The summed E-state index contributed by atoms with van der Waals surface area (Å²) in [6, 6.07) is 10.5. The second-order valence-electron chi connectivity index (χ2n) is 6.30. The van der Waals surface area contributed by atoms with E-state index in [2.05, 4.69) is 4.72 Å². The van der Waals surface area contributed by atoms with Crippen LogP contribution in [-0.2, 0) is 24.8 Å². The zero-order valence-electron chi connectivity index (χ0n) is 15.6. The molecule has 0 aliphatic carbocycles. The lowest BCUT2D eigenvalue weighted by atomic mass is 10.2. The molecule has 0 atom stereocenters. The van der Waals surface area contributed by atoms with E-state index in [1.165, 1.54) is 41.7 Å². The van der Waals surface area contributed by atoms with Crippen LogP contribution in [0.15, 0.2) is 52.3 Å². The molecule has 152 valence electrons. The Morgan fingerprint density at radius 3 is 2.36 bits per heavy atom. The fourth-order valence-corrected chi connectivity index (χ4v) is 5.45. The van der Waals surface area contributed by atoms with Crippen molar-refractivity contribution in [1.29, 1.82) is 0 Å². The number of aryl methyl sites for hydroxylation is 1. The first-order valence-corrected chi connectivity index (χ1v) is 11.5. The van der Waals surface area contributed by atoms with E-state index in [1.807, 2.05) is 0 Å². The fraction of sp³-hybridized carbons (Fsp3) is 0.333. The van der Waals surface area contributed by atoms with Crippen LogP contribution < -0.4 is 9.46 Å². The molecule has 3 rings (SSSR count). The summed E-state index contributed by atoms with van der Waals surface area (Å²) in [5, 5.41) is 0. The molecule has 0 radical (unpaired) electrons. The number of ether oxygens (including phenoxy) is 2. The largest absolute Gasteiger partial charge is 0.495 e. The molecule has 0 saturated carbocycles. The number of hydrogen-bond donors (Lipinski definition) is 1. The van der Waals surface area contributed by atoms with Gasteiger partial charge in [0.1, 0.15) is 5.75 Å². The third kappa shape index (κ3) is 4.30. The van der Waals surface area contributed by atoms with Crippen LogP contribution in [0, 0.1) is 6.92 Å². The lowest BCUT2D eigenvalue weighted by Gasteiger charge is -2.26. The number of rotatable bonds is 6. The summed E-state index contributed by atoms with van der Waals surface area (Å²) in [6.07, 6.45) is 0. The number of sulfonamides is 2. The highest BCUT2D eigenvalue weighted by molar-refractivity contribution is 7.92. The number of anilines is 1. The number of nitrogens with one attached hydrogen (secondary N) is 1. The molecule has 1 N–H and O–H groups in total. The van der Waals surface area contributed by atoms with Crippen LogP contribution in [0.3, 0.4) is 0 Å². The van der Waals surface area contributed by atoms with Crippen LogP contribution in [-0.4, -0.2) is 54.6 Å². The second kappa shape index (κ2) is 8.08. The molecule has 1 heterocycles. The summed E-state index contributed by atoms with van der Waals surface area (Å²) < 4.78 is 65.4. The van der Waals surface area contributed by atoms with Crippen molar-refractivity contribution in [2.45, 2.75) is 16.7 Å². The van der Waals surface area contributed by atoms with Gasteiger partial charge in [-0.3, -0.25) is 4.72 Å². The number of morpholine rings is 1. The molecule has 0 amide bonds. The van der Waals surface area contributed by atoms with Gasteiger partial charge in [0.2, 0.25) is 10.0 Å². The normalized spacial score (nSPS) is 15.9. The van der Waals surface area contributed by atoms with Crippen molar-refractivity contribution in [1.82, 2.24) is 4.31 Å². The summed E-state index contributed by atoms with van der Waals surface area (Å²) in [5.74, 6) is 0.220. The van der Waals surface area contributed by atoms with Gasteiger partial charge in [-0.05, 0) is 42.8 Å². The highest BCUT2D eigenvalue weighted by Crippen LogP contribution is 2.31. The van der Waals surface area contributed by atoms with Crippen LogP contribution in [0.25, 0.3) is 0 Å². The van der Waals surface area contributed by atoms with Crippen LogP contribution in [0.4, 0.5) is 5.69 Å². The monoisotopic (exact) mass is 426 g/mol. The van der Waals surface area contributed by atoms with Crippen molar-refractivity contribution in [3.8, 4) is 5.75 Å². The average Bonchev–Trinajstić information content (AvgIpc) is 2.68. The van der Waals surface area contributed by atoms with Gasteiger partial charge in [-0.15, -0.1) is 0 Å². The van der Waals surface area contributed by atoms with E-state index in [-0.39, 0.29) is 34.3 Å². The highest BCUT2D eigenvalue weighted by atomic mass is 32.2. The maximum Gasteiger partial charge on any atom is 0.262 e. The van der Waals surface area contributed by atoms with Gasteiger partial charge in [0, 0.05) is 13.1 Å². The molecule has 0 bridgehead atoms. The Kier molecular flexibility index (Phi) is 5.94. The highest BCUT2D eigenvalue weighted by Gasteiger charge is 2.28. The first kappa shape index (κ1) is 20.6. The average molecular weight is 427 g/mol. The van der Waals surface area contributed by atoms with E-state index in [1.54, 1.807) is 19.1 Å². The molecular formula is C18H22N2O6S2. The Bertz CT molecular complexity index is 1060. The SMILES string of the molecule is COc1ccc(S(=O)(=O)N2CCOCC2)cc1NS(=O)(=O)c1cccc(C)c1. The van der Waals surface area contributed by atoms with Gasteiger partial charge >= 0.3 is 0 Å². The Morgan fingerprint density at radius 1 is 1.00 bits per heavy atom. The topological polar surface area (TPSA) is 102 Å². The first-order chi connectivity index (χ1) is 13.2. The Balaban J connectivity index is 1.98. The zero-order chi connectivity index (χ0) is 20.4. The van der Waals surface area contributed by atoms with Gasteiger partial charge in [0.15, 0.2) is 0 Å². The number of hydrogen-bond acceptors (Lipinski definition) is 6. The summed E-state index contributed by atoms with van der Waals surface area (Å²) in [5.41, 5.74) is 0.844. The minimum absolute atomic E-state index is 0.0165. The van der Waals surface area contributed by atoms with Gasteiger partial charge in [0.05, 0.1) is 35.8 Å². The summed E-state index contributed by atoms with van der Waals surface area (Å²) in [7, 11) is -6.30. The van der Waals surface area contributed by atoms with Crippen molar-refractivity contribution in [2.24, 2.45) is 0 Å². The Morgan fingerprint density at radius 2 is 1.71 bits per heavy atom. The molecule has 2 aromatic carbocycles. The maximum atomic E-state index is 12.9. The molecule has 1 saturated heterocycles. The van der Waals surface area contributed by atoms with Crippen molar-refractivity contribution >= 4 is 25.7 Å². The van der Waals surface area contributed by atoms with Crippen LogP contribution in [0.5, 0.6) is 5.75 Å². The van der Waals surface area contributed by atoms with Crippen molar-refractivity contribution < 1.29 is 26.3 Å². The second-order valence-corrected chi connectivity index (χ2v) is 9.92. The number of nitrogens with zero attached hydrogens (tertiary/aromatic N) is 1. The van der Waals surface area contributed by atoms with Gasteiger partial charge < -0.3 is 9.47 Å². The van der Waals surface area contributed by atoms with Crippen LogP contribution in [0.1, 0.15) is 5.56 Å². The van der Waals surface area contributed by atoms with Crippen molar-refractivity contribution in [3.05, 3.63) is 48.0 Å². The number of benzene rings is 2. The molecule has 0 aromatic heterocycles. The Hall–Kier alpha value is -2.14. The quantitative estimate of drug-likeness (QED) is 0.756. The molecular weight excluding hydrogens is 404 g/mol. The molecule has 8 nitrogen and oxygen atoms in total. The fourth-order valence-electron chi connectivity index (χ4n) is 2.85. The van der Waals surface area contributed by atoms with Gasteiger partial charge in [-0.1, -0.05) is 12.1 Å². The molecule has 1 aliphatic rings. The van der Waals surface area contributed by atoms with Crippen molar-refractivity contribution in [2.75, 3.05) is 38.1 Å². The van der Waals surface area contributed by atoms with E-state index in [0.29, 0.717) is 13.2 Å². The zero-order valence-corrected chi connectivity index (χ0v) is 17.2. The standard InChI is InChI=1S/C18H22N2O6S2/c1-14-4-3-5-15(12-14)27(21,22)19-17-13-16(6-7-18(17)25-2)28(23,24)20-8-10-26-11-9-20/h3-7,12-13,19H,8-11H2,1-2H3. The summed E-state index contributed by atoms with van der Waals surface area (Å²) >= 11 is 0. The predicted molar refractivity (Wildman–Crippen MR) is 105 cm³/mol. The minimum atomic E-state index is -3.91. The van der Waals surface area contributed by atoms with E-state index in [0.717, 1.165) is 5.56 Å². The van der Waals surface area contributed by atoms with E-state index >= 15 is 0 Å². The molecule has 0 spiro atoms. The lowest BCUT2D eigenvalue weighted by Crippen LogP contribution is -2.40. The van der Waals surface area contributed by atoms with E-state index in [4.69, 9.17) is 9.47 Å². The van der Waals surface area contributed by atoms with Crippen LogP contribution in [0.2, 0.25) is 0 Å². The molecule has 2 aromatic rings. The third-order valence-corrected chi connectivity index (χ3v) is 7.58. The maximum absolute atomic E-state index is 12.9. The van der Waals surface area contributed by atoms with E-state index in [9.17, 15) is 16.8 Å². The van der Waals surface area contributed by atoms with Crippen molar-refractivity contribution in [3.63, 3.8) is 0 Å². The van der Waals surface area contributed by atoms with Gasteiger partial charge in [-0.2, -0.15) is 4.31 Å². The Labute approximate surface area is 165 Å². The smallest absolute Gasteiger partial charge is 0.262 e. The molecule has 28 heavy (non-hydrogen) atoms. The van der Waals surface area contributed by atoms with Gasteiger partial charge in [-0.25, -0.2) is 16.8 Å². The molecule has 10 heteroatoms. The summed E-state index contributed by atoms with van der Waals surface area (Å²) in [4.78, 5) is 0.0631. The van der Waals surface area contributed by atoms with Crippen LogP contribution >= 0.6 is 0 Å². The molecule has 0 unspecified atom stereocenters. The first-order valence-electron chi connectivity index (χ1n) is 8.59. The summed E-state index contributed by atoms with van der Waals surface area (Å²) in [6.45, 7) is 2.93. The van der Waals surface area contributed by atoms with E-state index < -0.39 is 20.0 Å². The number of methoxy groups -OCH3 is 1. The molecule has 1 fully saturated rings. The van der Waals surface area contributed by atoms with Gasteiger partial charge in [0.25, 0.3) is 10.0 Å². The minimum Gasteiger partial charge on any atom is -0.495 e. The lowest BCUT2D eigenvalue weighted by molar-refractivity contribution is 0.0730. The molecule has 1 aliphatic heterocycles. The third-order valence-electron chi connectivity index (χ3n) is 4.32.